The molecule has 0 aliphatic carbocycles. The lowest BCUT2D eigenvalue weighted by atomic mass is 9.96. The van der Waals surface area contributed by atoms with E-state index in [1.165, 1.54) is 18.4 Å². The molecular weight excluding hydrogens is 366 g/mol. The Morgan fingerprint density at radius 3 is 2.63 bits per heavy atom. The Morgan fingerprint density at radius 2 is 1.96 bits per heavy atom. The highest BCUT2D eigenvalue weighted by Crippen LogP contribution is 2.25. The summed E-state index contributed by atoms with van der Waals surface area (Å²) in [7, 11) is 1.35. The van der Waals surface area contributed by atoms with Crippen molar-refractivity contribution in [2.24, 2.45) is 5.92 Å². The average molecular weight is 394 g/mol. The Morgan fingerprint density at radius 1 is 1.22 bits per heavy atom. The molecule has 2 atom stereocenters. The van der Waals surface area contributed by atoms with Crippen LogP contribution < -0.4 is 5.32 Å². The van der Waals surface area contributed by atoms with E-state index in [-0.39, 0.29) is 30.2 Å². The zero-order valence-electron chi connectivity index (χ0n) is 15.7. The van der Waals surface area contributed by atoms with Gasteiger partial charge in [-0.3, -0.25) is 9.59 Å². The van der Waals surface area contributed by atoms with Crippen LogP contribution in [0.5, 0.6) is 0 Å². The SMILES string of the molecule is COC(=O)CC(NC(=O)C1CCCN(C(=O)N2CCCC2)C1)c1cccs1. The van der Waals surface area contributed by atoms with Crippen LogP contribution in [-0.4, -0.2) is 61.0 Å². The fourth-order valence-electron chi connectivity index (χ4n) is 3.73. The summed E-state index contributed by atoms with van der Waals surface area (Å²) in [6, 6.07) is 3.46. The third kappa shape index (κ3) is 5.00. The van der Waals surface area contributed by atoms with Gasteiger partial charge in [0.1, 0.15) is 0 Å². The second-order valence-electron chi connectivity index (χ2n) is 7.12. The van der Waals surface area contributed by atoms with E-state index in [4.69, 9.17) is 4.74 Å². The van der Waals surface area contributed by atoms with Crippen LogP contribution in [0.2, 0.25) is 0 Å². The van der Waals surface area contributed by atoms with E-state index in [2.05, 4.69) is 5.32 Å². The number of likely N-dealkylation sites (tertiary alicyclic amines) is 2. The van der Waals surface area contributed by atoms with Crippen molar-refractivity contribution >= 4 is 29.2 Å². The molecule has 1 aromatic rings. The van der Waals surface area contributed by atoms with Gasteiger partial charge in [-0.05, 0) is 37.1 Å². The molecule has 0 saturated carbocycles. The normalized spacial score (nSPS) is 21.0. The van der Waals surface area contributed by atoms with Gasteiger partial charge in [-0.25, -0.2) is 4.79 Å². The van der Waals surface area contributed by atoms with Gasteiger partial charge in [0.25, 0.3) is 0 Å². The first-order chi connectivity index (χ1) is 13.1. The predicted octanol–water partition coefficient (Wildman–Crippen LogP) is 2.40. The number of nitrogens with one attached hydrogen (secondary N) is 1. The summed E-state index contributed by atoms with van der Waals surface area (Å²) >= 11 is 1.50. The van der Waals surface area contributed by atoms with Gasteiger partial charge in [0.05, 0.1) is 25.5 Å². The van der Waals surface area contributed by atoms with Gasteiger partial charge in [-0.2, -0.15) is 0 Å². The lowest BCUT2D eigenvalue weighted by Crippen LogP contribution is -2.50. The van der Waals surface area contributed by atoms with Crippen LogP contribution in [0, 0.1) is 5.92 Å². The number of amides is 3. The van der Waals surface area contributed by atoms with Crippen molar-refractivity contribution in [2.75, 3.05) is 33.3 Å². The minimum atomic E-state index is -0.394. The van der Waals surface area contributed by atoms with Crippen molar-refractivity contribution in [3.8, 4) is 0 Å². The average Bonchev–Trinajstić information content (AvgIpc) is 3.40. The molecule has 0 bridgehead atoms. The van der Waals surface area contributed by atoms with Crippen molar-refractivity contribution in [3.05, 3.63) is 22.4 Å². The van der Waals surface area contributed by atoms with Gasteiger partial charge in [0, 0.05) is 31.1 Å². The first kappa shape index (κ1) is 19.7. The number of urea groups is 1. The third-order valence-corrected chi connectivity index (χ3v) is 6.23. The number of esters is 1. The molecule has 7 nitrogen and oxygen atoms in total. The fourth-order valence-corrected chi connectivity index (χ4v) is 4.50. The molecule has 1 aromatic heterocycles. The molecular formula is C19H27N3O4S. The molecule has 3 rings (SSSR count). The second kappa shape index (κ2) is 9.21. The van der Waals surface area contributed by atoms with Gasteiger partial charge < -0.3 is 19.9 Å². The minimum Gasteiger partial charge on any atom is -0.469 e. The van der Waals surface area contributed by atoms with Gasteiger partial charge in [-0.15, -0.1) is 11.3 Å². The second-order valence-corrected chi connectivity index (χ2v) is 8.10. The van der Waals surface area contributed by atoms with Gasteiger partial charge >= 0.3 is 12.0 Å². The highest BCUT2D eigenvalue weighted by molar-refractivity contribution is 7.10. The number of ether oxygens (including phenoxy) is 1. The standard InChI is InChI=1S/C19H27N3O4S/c1-26-17(23)12-15(16-7-5-11-27-16)20-18(24)14-6-4-10-22(13-14)19(25)21-8-2-3-9-21/h5,7,11,14-15H,2-4,6,8-10,12-13H2,1H3,(H,20,24). The topological polar surface area (TPSA) is 79.0 Å². The number of thiophene rings is 1. The Hall–Kier alpha value is -2.09. The Bertz CT molecular complexity index is 658. The summed E-state index contributed by atoms with van der Waals surface area (Å²) in [6.45, 7) is 2.77. The first-order valence-corrected chi connectivity index (χ1v) is 10.4. The van der Waals surface area contributed by atoms with Crippen LogP contribution in [0.15, 0.2) is 17.5 Å². The van der Waals surface area contributed by atoms with E-state index < -0.39 is 6.04 Å². The maximum Gasteiger partial charge on any atom is 0.320 e. The summed E-state index contributed by atoms with van der Waals surface area (Å²) in [5.41, 5.74) is 0. The number of carbonyl (C=O) groups excluding carboxylic acids is 3. The lowest BCUT2D eigenvalue weighted by Gasteiger charge is -2.35. The number of hydrogen-bond acceptors (Lipinski definition) is 5. The monoisotopic (exact) mass is 393 g/mol. The molecule has 8 heteroatoms. The smallest absolute Gasteiger partial charge is 0.320 e. The summed E-state index contributed by atoms with van der Waals surface area (Å²) in [5, 5.41) is 4.92. The van der Waals surface area contributed by atoms with E-state index in [1.54, 1.807) is 4.90 Å². The van der Waals surface area contributed by atoms with E-state index in [9.17, 15) is 14.4 Å². The number of rotatable bonds is 5. The molecule has 2 unspecified atom stereocenters. The molecule has 0 aromatic carbocycles. The largest absolute Gasteiger partial charge is 0.469 e. The zero-order valence-corrected chi connectivity index (χ0v) is 16.5. The molecule has 2 aliphatic heterocycles. The minimum absolute atomic E-state index is 0.0503. The molecule has 2 aliphatic rings. The summed E-state index contributed by atoms with van der Waals surface area (Å²) < 4.78 is 4.77. The quantitative estimate of drug-likeness (QED) is 0.779. The Kier molecular flexibility index (Phi) is 6.71. The summed E-state index contributed by atoms with van der Waals surface area (Å²) in [6.07, 6.45) is 3.79. The number of methoxy groups -OCH3 is 1. The lowest BCUT2D eigenvalue weighted by molar-refractivity contribution is -0.141. The van der Waals surface area contributed by atoms with Crippen molar-refractivity contribution in [2.45, 2.75) is 38.1 Å². The molecule has 2 fully saturated rings. The maximum absolute atomic E-state index is 12.9. The summed E-state index contributed by atoms with van der Waals surface area (Å²) in [4.78, 5) is 41.8. The molecule has 3 heterocycles. The molecule has 2 saturated heterocycles. The summed E-state index contributed by atoms with van der Waals surface area (Å²) in [5.74, 6) is -0.704. The Balaban J connectivity index is 1.61. The number of piperidine rings is 1. The predicted molar refractivity (Wildman–Crippen MR) is 102 cm³/mol. The van der Waals surface area contributed by atoms with Crippen molar-refractivity contribution in [3.63, 3.8) is 0 Å². The van der Waals surface area contributed by atoms with Crippen LogP contribution in [0.25, 0.3) is 0 Å². The van der Waals surface area contributed by atoms with Crippen LogP contribution in [-0.2, 0) is 14.3 Å². The number of nitrogens with zero attached hydrogens (tertiary/aromatic N) is 2. The fraction of sp³-hybridized carbons (Fsp3) is 0.632. The highest BCUT2D eigenvalue weighted by Gasteiger charge is 2.32. The molecule has 148 valence electrons. The molecule has 27 heavy (non-hydrogen) atoms. The molecule has 0 radical (unpaired) electrons. The van der Waals surface area contributed by atoms with Gasteiger partial charge in [-0.1, -0.05) is 6.07 Å². The maximum atomic E-state index is 12.9. The number of hydrogen-bond donors (Lipinski definition) is 1. The van der Waals surface area contributed by atoms with Gasteiger partial charge in [0.15, 0.2) is 0 Å². The van der Waals surface area contributed by atoms with E-state index >= 15 is 0 Å². The van der Waals surface area contributed by atoms with Crippen LogP contribution in [0.3, 0.4) is 0 Å². The molecule has 0 spiro atoms. The van der Waals surface area contributed by atoms with Crippen molar-refractivity contribution < 1.29 is 19.1 Å². The zero-order chi connectivity index (χ0) is 19.2. The Labute approximate surface area is 163 Å². The van der Waals surface area contributed by atoms with Gasteiger partial charge in [0.2, 0.25) is 5.91 Å². The van der Waals surface area contributed by atoms with E-state index in [1.807, 2.05) is 22.4 Å². The van der Waals surface area contributed by atoms with E-state index in [0.29, 0.717) is 13.1 Å². The molecule has 1 N–H and O–H groups in total. The number of carbonyl (C=O) groups is 3. The highest BCUT2D eigenvalue weighted by atomic mass is 32.1. The third-order valence-electron chi connectivity index (χ3n) is 5.24. The van der Waals surface area contributed by atoms with E-state index in [0.717, 1.165) is 43.6 Å². The molecule has 3 amide bonds. The van der Waals surface area contributed by atoms with Crippen molar-refractivity contribution in [1.82, 2.24) is 15.1 Å². The van der Waals surface area contributed by atoms with Crippen LogP contribution >= 0.6 is 11.3 Å². The first-order valence-electron chi connectivity index (χ1n) is 9.53. The van der Waals surface area contributed by atoms with Crippen molar-refractivity contribution in [1.29, 1.82) is 0 Å². The van der Waals surface area contributed by atoms with Crippen LogP contribution in [0.1, 0.15) is 43.0 Å². The van der Waals surface area contributed by atoms with Crippen LogP contribution in [0.4, 0.5) is 4.79 Å².